The van der Waals surface area contributed by atoms with Crippen LogP contribution in [0, 0.1) is 11.3 Å². The molecule has 0 saturated carbocycles. The third-order valence-corrected chi connectivity index (χ3v) is 23.9. The van der Waals surface area contributed by atoms with Gasteiger partial charge < -0.3 is 22.8 Å². The number of nitriles is 1. The van der Waals surface area contributed by atoms with Crippen LogP contribution >= 0.6 is 0 Å². The molecule has 18 aromatic carbocycles. The van der Waals surface area contributed by atoms with E-state index >= 15 is 0 Å². The lowest BCUT2D eigenvalue weighted by Gasteiger charge is -2.32. The largest absolute Gasteiger partial charge is 0.306 e. The fraction of sp³-hybridized carbons (Fsp3) is 0. The zero-order chi connectivity index (χ0) is 75.8. The number of hydrogen-bond donors (Lipinski definition) is 0. The zero-order valence-electron chi connectivity index (χ0n) is 62.4. The van der Waals surface area contributed by atoms with Crippen LogP contribution in [0.1, 0.15) is 5.56 Å². The van der Waals surface area contributed by atoms with Gasteiger partial charge in [0.05, 0.1) is 95.2 Å². The Balaban J connectivity index is 1.04. The summed E-state index contributed by atoms with van der Waals surface area (Å²) < 4.78 is 13.2. The molecular formula is C109H68N6. The smallest absolute Gasteiger partial charge is 0.0991 e. The molecule has 5 heterocycles. The molecule has 0 radical (unpaired) electrons. The van der Waals surface area contributed by atoms with Crippen molar-refractivity contribution in [3.63, 3.8) is 0 Å². The molecule has 23 rings (SSSR count). The minimum absolute atomic E-state index is 0.557. The van der Waals surface area contributed by atoms with Gasteiger partial charge >= 0.3 is 0 Å². The van der Waals surface area contributed by atoms with E-state index < -0.39 is 0 Å². The van der Waals surface area contributed by atoms with Crippen LogP contribution < -0.4 is 0 Å². The molecule has 534 valence electrons. The van der Waals surface area contributed by atoms with Gasteiger partial charge in [0.25, 0.3) is 0 Å². The second kappa shape index (κ2) is 26.3. The van der Waals surface area contributed by atoms with Crippen molar-refractivity contribution in [3.8, 4) is 112 Å². The summed E-state index contributed by atoms with van der Waals surface area (Å²) >= 11 is 0. The highest BCUT2D eigenvalue weighted by atomic mass is 15.2. The Morgan fingerprint density at radius 1 is 0.148 bits per heavy atom. The van der Waals surface area contributed by atoms with Crippen LogP contribution in [0.25, 0.3) is 215 Å². The maximum absolute atomic E-state index is 11.2. The molecule has 0 saturated heterocycles. The van der Waals surface area contributed by atoms with Gasteiger partial charge in [-0.2, -0.15) is 5.26 Å². The zero-order valence-corrected chi connectivity index (χ0v) is 62.4. The fourth-order valence-electron chi connectivity index (χ4n) is 18.7. The van der Waals surface area contributed by atoms with Crippen molar-refractivity contribution in [2.75, 3.05) is 0 Å². The number of fused-ring (bicyclic) bond motifs is 15. The maximum atomic E-state index is 11.2. The van der Waals surface area contributed by atoms with Gasteiger partial charge in [-0.3, -0.25) is 0 Å². The number of rotatable bonds is 12. The molecule has 0 bridgehead atoms. The van der Waals surface area contributed by atoms with Gasteiger partial charge in [0.1, 0.15) is 0 Å². The molecule has 23 aromatic rings. The summed E-state index contributed by atoms with van der Waals surface area (Å²) in [7, 11) is 0. The van der Waals surface area contributed by atoms with Crippen molar-refractivity contribution in [3.05, 3.63) is 418 Å². The van der Waals surface area contributed by atoms with E-state index in [1.54, 1.807) is 0 Å². The van der Waals surface area contributed by atoms with Crippen molar-refractivity contribution in [1.82, 2.24) is 22.8 Å². The lowest BCUT2D eigenvalue weighted by molar-refractivity contribution is 1.00. The maximum Gasteiger partial charge on any atom is 0.0991 e. The molecule has 0 fully saturated rings. The van der Waals surface area contributed by atoms with E-state index in [0.29, 0.717) is 5.56 Å². The normalized spacial score (nSPS) is 11.8. The first-order valence-electron chi connectivity index (χ1n) is 39.4. The lowest BCUT2D eigenvalue weighted by atomic mass is 9.94. The summed E-state index contributed by atoms with van der Waals surface area (Å²) in [5.41, 5.74) is 30.8. The molecule has 5 aromatic heterocycles. The Hall–Kier alpha value is -15.6. The number of benzene rings is 18. The second-order valence-corrected chi connectivity index (χ2v) is 30.1. The molecule has 115 heavy (non-hydrogen) atoms. The first-order valence-corrected chi connectivity index (χ1v) is 39.4. The van der Waals surface area contributed by atoms with Gasteiger partial charge in [-0.15, -0.1) is 0 Å². The van der Waals surface area contributed by atoms with Gasteiger partial charge in [0, 0.05) is 59.4 Å². The molecule has 0 spiro atoms. The first kappa shape index (κ1) is 65.3. The van der Waals surface area contributed by atoms with E-state index in [2.05, 4.69) is 429 Å². The van der Waals surface area contributed by atoms with Crippen molar-refractivity contribution < 1.29 is 0 Å². The summed E-state index contributed by atoms with van der Waals surface area (Å²) in [5.74, 6) is 0. The number of para-hydroxylation sites is 4. The molecule has 6 heteroatoms. The quantitative estimate of drug-likeness (QED) is 0.120. The third-order valence-electron chi connectivity index (χ3n) is 23.9. The second-order valence-electron chi connectivity index (χ2n) is 30.1. The van der Waals surface area contributed by atoms with Crippen molar-refractivity contribution in [2.24, 2.45) is 0 Å². The minimum Gasteiger partial charge on any atom is -0.306 e. The Labute approximate surface area is 663 Å². The van der Waals surface area contributed by atoms with Gasteiger partial charge in [-0.05, 0) is 182 Å². The van der Waals surface area contributed by atoms with E-state index in [-0.39, 0.29) is 0 Å². The SMILES string of the molecule is N#Cc1ccc(-c2c(-n3c4ccc(-c5ccccc5)cc4c4cc(-c5ccccc5)ccc43)c(-n3c4ccccc4c4ccccc43)c(-n3c4ccc(-c5ccccc5)cc4c4cc(-c5ccccc5)ccc43)c(-n3c4ccccc4c4ccccc43)c2-n2c3ccc(-c4ccccc4)cc3c3cc(-c4ccccc4)ccc32)cc1. The van der Waals surface area contributed by atoms with E-state index in [4.69, 9.17) is 0 Å². The van der Waals surface area contributed by atoms with E-state index in [9.17, 15) is 5.26 Å². The highest BCUT2D eigenvalue weighted by molar-refractivity contribution is 6.21. The number of aromatic nitrogens is 5. The molecule has 0 aliphatic rings. The predicted molar refractivity (Wildman–Crippen MR) is 481 cm³/mol. The van der Waals surface area contributed by atoms with E-state index in [1.807, 2.05) is 12.1 Å². The van der Waals surface area contributed by atoms with Crippen LogP contribution in [0.2, 0.25) is 0 Å². The molecule has 0 aliphatic carbocycles. The monoisotopic (exact) mass is 1460 g/mol. The van der Waals surface area contributed by atoms with Crippen LogP contribution in [0.4, 0.5) is 0 Å². The molecule has 0 atom stereocenters. The Kier molecular flexibility index (Phi) is 15.0. The van der Waals surface area contributed by atoms with Gasteiger partial charge in [-0.25, -0.2) is 0 Å². The average Bonchev–Trinajstić information content (AvgIpc) is 1.55. The predicted octanol–water partition coefficient (Wildman–Crippen LogP) is 28.7. The van der Waals surface area contributed by atoms with Gasteiger partial charge in [0.2, 0.25) is 0 Å². The first-order chi connectivity index (χ1) is 57.0. The molecular weight excluding hydrogens is 1390 g/mol. The molecule has 0 N–H and O–H groups in total. The van der Waals surface area contributed by atoms with Crippen molar-refractivity contribution in [2.45, 2.75) is 0 Å². The molecule has 0 amide bonds. The molecule has 0 aliphatic heterocycles. The summed E-state index contributed by atoms with van der Waals surface area (Å²) in [6.07, 6.45) is 0. The van der Waals surface area contributed by atoms with E-state index in [0.717, 1.165) is 215 Å². The van der Waals surface area contributed by atoms with Crippen LogP contribution in [0.3, 0.4) is 0 Å². The summed E-state index contributed by atoms with van der Waals surface area (Å²) in [4.78, 5) is 0. The Morgan fingerprint density at radius 2 is 0.330 bits per heavy atom. The number of hydrogen-bond acceptors (Lipinski definition) is 1. The van der Waals surface area contributed by atoms with Gasteiger partial charge in [0.15, 0.2) is 0 Å². The minimum atomic E-state index is 0.557. The third kappa shape index (κ3) is 10.3. The Bertz CT molecular complexity index is 7180. The lowest BCUT2D eigenvalue weighted by Crippen LogP contribution is -2.18. The highest BCUT2D eigenvalue weighted by Crippen LogP contribution is 2.56. The molecule has 6 nitrogen and oxygen atoms in total. The van der Waals surface area contributed by atoms with Crippen LogP contribution in [0.15, 0.2) is 413 Å². The Morgan fingerprint density at radius 3 is 0.557 bits per heavy atom. The molecule has 0 unspecified atom stereocenters. The highest BCUT2D eigenvalue weighted by Gasteiger charge is 2.37. The average molecular weight is 1460 g/mol. The van der Waals surface area contributed by atoms with Crippen molar-refractivity contribution >= 4 is 109 Å². The van der Waals surface area contributed by atoms with E-state index in [1.165, 1.54) is 0 Å². The van der Waals surface area contributed by atoms with Crippen LogP contribution in [0.5, 0.6) is 0 Å². The van der Waals surface area contributed by atoms with Crippen LogP contribution in [-0.4, -0.2) is 22.8 Å². The van der Waals surface area contributed by atoms with Crippen LogP contribution in [-0.2, 0) is 0 Å². The van der Waals surface area contributed by atoms with Gasteiger partial charge in [-0.1, -0.05) is 303 Å². The summed E-state index contributed by atoms with van der Waals surface area (Å²) in [6, 6.07) is 155. The fourth-order valence-corrected chi connectivity index (χ4v) is 18.7. The summed E-state index contributed by atoms with van der Waals surface area (Å²) in [5, 5.41) is 22.2. The standard InChI is InChI=1S/C109H68N6/c110-69-70-47-49-77(50-48-70)104-105(111-98-57-51-78(71-27-7-1-8-28-71)63-88(98)89-64-79(52-58-99(89)111)72-29-9-2-10-30-72)107(113-94-43-23-19-39-84(94)85-40-20-24-44-95(85)113)109(115-102-61-55-82(75-35-15-5-16-36-75)67-92(102)93-68-83(56-62-103(93)115)76-37-17-6-18-38-76)108(114-96-45-25-21-41-86(96)87-42-22-26-46-97(87)114)106(104)112-100-59-53-80(73-31-11-3-12-32-73)65-90(100)91-66-81(54-60-101(91)112)74-33-13-4-14-34-74/h1-68H. The number of nitrogens with zero attached hydrogens (tertiary/aromatic N) is 6. The van der Waals surface area contributed by atoms with Crippen molar-refractivity contribution in [1.29, 1.82) is 5.26 Å². The topological polar surface area (TPSA) is 48.4 Å². The summed E-state index contributed by atoms with van der Waals surface area (Å²) in [6.45, 7) is 0.